The van der Waals surface area contributed by atoms with Crippen molar-refractivity contribution in [2.24, 2.45) is 0 Å². The molecule has 4 nitrogen and oxygen atoms in total. The summed E-state index contributed by atoms with van der Waals surface area (Å²) in [5.74, 6) is -1.30. The number of carbonyl (C=O) groups is 2. The highest BCUT2D eigenvalue weighted by atomic mass is 32.1. The van der Waals surface area contributed by atoms with Crippen molar-refractivity contribution < 1.29 is 14.7 Å². The van der Waals surface area contributed by atoms with Crippen LogP contribution >= 0.6 is 11.3 Å². The monoisotopic (exact) mass is 301 g/mol. The van der Waals surface area contributed by atoms with Gasteiger partial charge in [0, 0.05) is 21.5 Å². The summed E-state index contributed by atoms with van der Waals surface area (Å²) in [5.41, 5.74) is 1.47. The van der Waals surface area contributed by atoms with E-state index in [1.165, 1.54) is 23.1 Å². The molecule has 1 aromatic heterocycles. The highest BCUT2D eigenvalue weighted by Crippen LogP contribution is 2.18. The van der Waals surface area contributed by atoms with Gasteiger partial charge < -0.3 is 10.4 Å². The van der Waals surface area contributed by atoms with E-state index in [1.54, 1.807) is 23.5 Å². The molecule has 0 radical (unpaired) electrons. The molecule has 21 heavy (non-hydrogen) atoms. The Labute approximate surface area is 126 Å². The van der Waals surface area contributed by atoms with E-state index in [0.29, 0.717) is 5.69 Å². The number of anilines is 1. The Hall–Kier alpha value is -2.40. The van der Waals surface area contributed by atoms with Crippen LogP contribution in [-0.2, 0) is 4.79 Å². The molecule has 108 valence electrons. The van der Waals surface area contributed by atoms with E-state index < -0.39 is 5.97 Å². The van der Waals surface area contributed by atoms with E-state index in [1.807, 2.05) is 26.0 Å². The van der Waals surface area contributed by atoms with E-state index in [4.69, 9.17) is 5.11 Å². The van der Waals surface area contributed by atoms with Crippen LogP contribution in [0.25, 0.3) is 6.08 Å². The predicted molar refractivity (Wildman–Crippen MR) is 84.9 cm³/mol. The van der Waals surface area contributed by atoms with Crippen molar-refractivity contribution in [2.75, 3.05) is 5.32 Å². The highest BCUT2D eigenvalue weighted by Gasteiger charge is 2.07. The lowest BCUT2D eigenvalue weighted by molar-refractivity contribution is -0.111. The lowest BCUT2D eigenvalue weighted by atomic mass is 10.1. The maximum absolute atomic E-state index is 11.9. The number of thiophene rings is 1. The lowest BCUT2D eigenvalue weighted by Gasteiger charge is -2.07. The molecule has 0 atom stereocenters. The van der Waals surface area contributed by atoms with Gasteiger partial charge in [-0.3, -0.25) is 4.79 Å². The quantitative estimate of drug-likeness (QED) is 0.846. The minimum atomic E-state index is -1.02. The molecular weight excluding hydrogens is 286 g/mol. The fourth-order valence-corrected chi connectivity index (χ4v) is 2.54. The summed E-state index contributed by atoms with van der Waals surface area (Å²) in [5, 5.41) is 11.7. The average Bonchev–Trinajstić information content (AvgIpc) is 2.84. The fourth-order valence-electron chi connectivity index (χ4n) is 1.76. The second-order valence-electron chi connectivity index (χ2n) is 4.61. The molecule has 0 saturated heterocycles. The van der Waals surface area contributed by atoms with Crippen LogP contribution in [0.2, 0.25) is 0 Å². The number of amides is 1. The van der Waals surface area contributed by atoms with Crippen molar-refractivity contribution >= 4 is 35.0 Å². The zero-order valence-electron chi connectivity index (χ0n) is 11.7. The molecule has 0 spiro atoms. The lowest BCUT2D eigenvalue weighted by Crippen LogP contribution is -2.10. The van der Waals surface area contributed by atoms with Gasteiger partial charge in [0.1, 0.15) is 0 Å². The van der Waals surface area contributed by atoms with Crippen molar-refractivity contribution in [3.63, 3.8) is 0 Å². The van der Waals surface area contributed by atoms with Gasteiger partial charge >= 0.3 is 5.97 Å². The minimum Gasteiger partial charge on any atom is -0.478 e. The number of aryl methyl sites for hydroxylation is 2. The first-order valence-corrected chi connectivity index (χ1v) is 7.17. The van der Waals surface area contributed by atoms with Gasteiger partial charge in [0.15, 0.2) is 0 Å². The average molecular weight is 301 g/mol. The van der Waals surface area contributed by atoms with Gasteiger partial charge in [0.05, 0.1) is 5.56 Å². The zero-order valence-corrected chi connectivity index (χ0v) is 12.5. The van der Waals surface area contributed by atoms with Crippen LogP contribution in [0.4, 0.5) is 5.69 Å². The van der Waals surface area contributed by atoms with Crippen LogP contribution in [0.1, 0.15) is 25.7 Å². The maximum atomic E-state index is 11.9. The van der Waals surface area contributed by atoms with Gasteiger partial charge in [-0.05, 0) is 49.8 Å². The number of aromatic carboxylic acids is 1. The molecule has 2 rings (SSSR count). The van der Waals surface area contributed by atoms with E-state index in [0.717, 1.165) is 10.4 Å². The molecule has 1 amide bonds. The topological polar surface area (TPSA) is 66.4 Å². The third-order valence-corrected chi connectivity index (χ3v) is 3.87. The minimum absolute atomic E-state index is 0.147. The number of nitrogens with one attached hydrogen (secondary N) is 1. The molecule has 0 aliphatic carbocycles. The molecule has 0 unspecified atom stereocenters. The Morgan fingerprint density at radius 1 is 1.19 bits per heavy atom. The highest BCUT2D eigenvalue weighted by molar-refractivity contribution is 7.12. The van der Waals surface area contributed by atoms with Crippen LogP contribution in [0.5, 0.6) is 0 Å². The normalized spacial score (nSPS) is 10.8. The van der Waals surface area contributed by atoms with Crippen LogP contribution in [0.15, 0.2) is 36.4 Å². The maximum Gasteiger partial charge on any atom is 0.335 e. The van der Waals surface area contributed by atoms with Gasteiger partial charge in [-0.25, -0.2) is 4.79 Å². The third kappa shape index (κ3) is 4.03. The molecule has 2 N–H and O–H groups in total. The van der Waals surface area contributed by atoms with E-state index >= 15 is 0 Å². The van der Waals surface area contributed by atoms with Crippen LogP contribution in [0, 0.1) is 13.8 Å². The number of carboxylic acids is 1. The molecule has 1 heterocycles. The van der Waals surface area contributed by atoms with E-state index in [-0.39, 0.29) is 11.5 Å². The van der Waals surface area contributed by atoms with Gasteiger partial charge in [0.2, 0.25) is 5.91 Å². The molecule has 5 heteroatoms. The molecule has 0 aliphatic heterocycles. The summed E-state index contributed by atoms with van der Waals surface area (Å²) in [6, 6.07) is 8.57. The van der Waals surface area contributed by atoms with Crippen LogP contribution in [-0.4, -0.2) is 17.0 Å². The van der Waals surface area contributed by atoms with Crippen LogP contribution in [0.3, 0.4) is 0 Å². The molecule has 0 aliphatic rings. The van der Waals surface area contributed by atoms with Crippen molar-refractivity contribution in [1.29, 1.82) is 0 Å². The summed E-state index contributed by atoms with van der Waals surface area (Å²) in [6.07, 6.45) is 3.18. The number of hydrogen-bond acceptors (Lipinski definition) is 3. The molecule has 0 fully saturated rings. The van der Waals surface area contributed by atoms with Gasteiger partial charge in [-0.2, -0.15) is 0 Å². The summed E-state index contributed by atoms with van der Waals surface area (Å²) in [6.45, 7) is 3.82. The summed E-state index contributed by atoms with van der Waals surface area (Å²) >= 11 is 1.60. The summed E-state index contributed by atoms with van der Waals surface area (Å²) in [4.78, 5) is 25.0. The van der Waals surface area contributed by atoms with Crippen molar-refractivity contribution in [2.45, 2.75) is 13.8 Å². The summed E-state index contributed by atoms with van der Waals surface area (Å²) < 4.78 is 0. The van der Waals surface area contributed by atoms with Crippen LogP contribution < -0.4 is 5.32 Å². The molecule has 2 aromatic rings. The fraction of sp³-hybridized carbons (Fsp3) is 0.125. The second-order valence-corrected chi connectivity index (χ2v) is 5.93. The van der Waals surface area contributed by atoms with Crippen molar-refractivity contribution in [3.8, 4) is 0 Å². The Morgan fingerprint density at radius 3 is 2.57 bits per heavy atom. The first kappa shape index (κ1) is 15.0. The Kier molecular flexibility index (Phi) is 4.55. The third-order valence-electron chi connectivity index (χ3n) is 2.90. The van der Waals surface area contributed by atoms with Gasteiger partial charge in [-0.15, -0.1) is 11.3 Å². The number of rotatable bonds is 4. The Balaban J connectivity index is 2.10. The second kappa shape index (κ2) is 6.37. The first-order chi connectivity index (χ1) is 9.95. The summed E-state index contributed by atoms with van der Waals surface area (Å²) in [7, 11) is 0. The molecule has 0 saturated carbocycles. The van der Waals surface area contributed by atoms with Gasteiger partial charge in [0.25, 0.3) is 0 Å². The molecular formula is C16H15NO3S. The molecule has 1 aromatic carbocycles. The number of benzene rings is 1. The largest absolute Gasteiger partial charge is 0.478 e. The Morgan fingerprint density at radius 2 is 1.95 bits per heavy atom. The number of hydrogen-bond donors (Lipinski definition) is 2. The SMILES string of the molecule is Cc1ccc(/C=C/C(=O)Nc2cc(C(=O)O)ccc2C)s1. The standard InChI is InChI=1S/C16H15NO3S/c1-10-3-5-12(16(19)20)9-14(10)17-15(18)8-7-13-6-4-11(2)21-13/h3-9H,1-2H3,(H,17,18)(H,19,20)/b8-7+. The van der Waals surface area contributed by atoms with E-state index in [2.05, 4.69) is 5.32 Å². The first-order valence-electron chi connectivity index (χ1n) is 6.35. The van der Waals surface area contributed by atoms with Gasteiger partial charge in [-0.1, -0.05) is 6.07 Å². The van der Waals surface area contributed by atoms with Crippen molar-refractivity contribution in [3.05, 3.63) is 57.3 Å². The zero-order chi connectivity index (χ0) is 15.4. The predicted octanol–water partition coefficient (Wildman–Crippen LogP) is 3.72. The van der Waals surface area contributed by atoms with E-state index in [9.17, 15) is 9.59 Å². The Bertz CT molecular complexity index is 716. The number of carbonyl (C=O) groups excluding carboxylic acids is 1. The van der Waals surface area contributed by atoms with Crippen molar-refractivity contribution in [1.82, 2.24) is 0 Å². The molecule has 0 bridgehead atoms. The number of carboxylic acid groups (broad SMARTS) is 1. The smallest absolute Gasteiger partial charge is 0.335 e.